The lowest BCUT2D eigenvalue weighted by atomic mass is 9.87. The Morgan fingerprint density at radius 3 is 2.53 bits per heavy atom. The van der Waals surface area contributed by atoms with Gasteiger partial charge in [-0.3, -0.25) is 4.99 Å². The predicted molar refractivity (Wildman–Crippen MR) is 81.2 cm³/mol. The van der Waals surface area contributed by atoms with Gasteiger partial charge < -0.3 is 10.0 Å². The summed E-state index contributed by atoms with van der Waals surface area (Å²) in [6.45, 7) is 0.747. The zero-order valence-corrected chi connectivity index (χ0v) is 11.9. The van der Waals surface area contributed by atoms with Gasteiger partial charge in [0.15, 0.2) is 0 Å². The van der Waals surface area contributed by atoms with E-state index in [1.54, 1.807) is 0 Å². The first-order chi connectivity index (χ1) is 9.16. The molecule has 19 heavy (non-hydrogen) atoms. The number of hydrogen-bond acceptors (Lipinski definition) is 3. The highest BCUT2D eigenvalue weighted by Gasteiger charge is 2.21. The van der Waals surface area contributed by atoms with Crippen molar-refractivity contribution >= 4 is 11.9 Å². The SMILES string of the molecule is CN(C)c1ccc(C=NC[C@H]2CCCC[C@@H]2O)cc1. The lowest BCUT2D eigenvalue weighted by molar-refractivity contribution is 0.0746. The van der Waals surface area contributed by atoms with Gasteiger partial charge in [0.2, 0.25) is 0 Å². The van der Waals surface area contributed by atoms with Gasteiger partial charge in [0.1, 0.15) is 0 Å². The topological polar surface area (TPSA) is 35.8 Å². The van der Waals surface area contributed by atoms with Crippen molar-refractivity contribution in [3.05, 3.63) is 29.8 Å². The quantitative estimate of drug-likeness (QED) is 0.845. The largest absolute Gasteiger partial charge is 0.393 e. The van der Waals surface area contributed by atoms with Gasteiger partial charge in [-0.25, -0.2) is 0 Å². The highest BCUT2D eigenvalue weighted by Crippen LogP contribution is 2.24. The fourth-order valence-electron chi connectivity index (χ4n) is 2.55. The lowest BCUT2D eigenvalue weighted by Gasteiger charge is -2.25. The van der Waals surface area contributed by atoms with Crippen LogP contribution >= 0.6 is 0 Å². The molecule has 0 saturated heterocycles. The second-order valence-electron chi connectivity index (χ2n) is 5.59. The van der Waals surface area contributed by atoms with E-state index in [4.69, 9.17) is 0 Å². The molecule has 1 aliphatic carbocycles. The standard InChI is InChI=1S/C16H24N2O/c1-18(2)15-9-7-13(8-10-15)11-17-12-14-5-3-4-6-16(14)19/h7-11,14,16,19H,3-6,12H2,1-2H3/t14-,16+/m1/s1. The molecule has 3 heteroatoms. The normalized spacial score (nSPS) is 23.7. The van der Waals surface area contributed by atoms with Crippen LogP contribution in [0.1, 0.15) is 31.2 Å². The molecule has 1 N–H and O–H groups in total. The second-order valence-corrected chi connectivity index (χ2v) is 5.59. The molecule has 0 heterocycles. The van der Waals surface area contributed by atoms with Crippen LogP contribution < -0.4 is 4.90 Å². The summed E-state index contributed by atoms with van der Waals surface area (Å²) in [4.78, 5) is 6.57. The van der Waals surface area contributed by atoms with E-state index in [0.29, 0.717) is 5.92 Å². The Morgan fingerprint density at radius 2 is 1.89 bits per heavy atom. The summed E-state index contributed by atoms with van der Waals surface area (Å²) in [7, 11) is 4.07. The molecule has 1 aromatic carbocycles. The molecule has 0 aliphatic heterocycles. The first-order valence-corrected chi connectivity index (χ1v) is 7.12. The minimum atomic E-state index is -0.151. The van der Waals surface area contributed by atoms with Crippen LogP contribution in [0.2, 0.25) is 0 Å². The van der Waals surface area contributed by atoms with Crippen LogP contribution in [0.5, 0.6) is 0 Å². The third-order valence-corrected chi connectivity index (χ3v) is 3.86. The first-order valence-electron chi connectivity index (χ1n) is 7.12. The summed E-state index contributed by atoms with van der Waals surface area (Å²) < 4.78 is 0. The molecule has 1 aromatic rings. The van der Waals surface area contributed by atoms with Crippen molar-refractivity contribution in [3.63, 3.8) is 0 Å². The number of rotatable bonds is 4. The van der Waals surface area contributed by atoms with Crippen molar-refractivity contribution in [1.29, 1.82) is 0 Å². The Balaban J connectivity index is 1.87. The van der Waals surface area contributed by atoms with Gasteiger partial charge in [-0.15, -0.1) is 0 Å². The molecule has 0 bridgehead atoms. The second kappa shape index (κ2) is 6.71. The molecule has 2 atom stereocenters. The van der Waals surface area contributed by atoms with E-state index in [0.717, 1.165) is 31.4 Å². The number of benzene rings is 1. The Hall–Kier alpha value is -1.35. The van der Waals surface area contributed by atoms with Crippen LogP contribution in [-0.4, -0.2) is 38.1 Å². The van der Waals surface area contributed by atoms with Gasteiger partial charge in [0.05, 0.1) is 6.10 Å². The molecule has 1 fully saturated rings. The number of aliphatic imine (C=N–C) groups is 1. The van der Waals surface area contributed by atoms with E-state index >= 15 is 0 Å². The number of aliphatic hydroxyl groups excluding tert-OH is 1. The third-order valence-electron chi connectivity index (χ3n) is 3.86. The van der Waals surface area contributed by atoms with Crippen LogP contribution in [0.25, 0.3) is 0 Å². The Bertz CT molecular complexity index is 411. The highest BCUT2D eigenvalue weighted by molar-refractivity contribution is 5.80. The smallest absolute Gasteiger partial charge is 0.0586 e. The molecule has 0 spiro atoms. The van der Waals surface area contributed by atoms with Crippen molar-refractivity contribution in [2.75, 3.05) is 25.5 Å². The maximum Gasteiger partial charge on any atom is 0.0586 e. The van der Waals surface area contributed by atoms with Crippen LogP contribution in [0.15, 0.2) is 29.3 Å². The van der Waals surface area contributed by atoms with Gasteiger partial charge >= 0.3 is 0 Å². The van der Waals surface area contributed by atoms with Gasteiger partial charge in [-0.05, 0) is 30.5 Å². The minimum Gasteiger partial charge on any atom is -0.393 e. The highest BCUT2D eigenvalue weighted by atomic mass is 16.3. The third kappa shape index (κ3) is 4.06. The fourth-order valence-corrected chi connectivity index (χ4v) is 2.55. The van der Waals surface area contributed by atoms with E-state index in [1.165, 1.54) is 12.1 Å². The molecule has 0 unspecified atom stereocenters. The minimum absolute atomic E-state index is 0.151. The average Bonchev–Trinajstić information content (AvgIpc) is 2.41. The molecule has 1 aliphatic rings. The van der Waals surface area contributed by atoms with Crippen molar-refractivity contribution in [2.45, 2.75) is 31.8 Å². The number of hydrogen-bond donors (Lipinski definition) is 1. The molecule has 104 valence electrons. The molecule has 0 aromatic heterocycles. The zero-order chi connectivity index (χ0) is 13.7. The van der Waals surface area contributed by atoms with Crippen LogP contribution in [0.3, 0.4) is 0 Å². The van der Waals surface area contributed by atoms with E-state index in [-0.39, 0.29) is 6.10 Å². The van der Waals surface area contributed by atoms with Gasteiger partial charge in [-0.1, -0.05) is 25.0 Å². The molecular weight excluding hydrogens is 236 g/mol. The molecule has 0 radical (unpaired) electrons. The predicted octanol–water partition coefficient (Wildman–Crippen LogP) is 2.72. The average molecular weight is 260 g/mol. The van der Waals surface area contributed by atoms with Crippen molar-refractivity contribution in [1.82, 2.24) is 0 Å². The van der Waals surface area contributed by atoms with E-state index < -0.39 is 0 Å². The molecule has 1 saturated carbocycles. The van der Waals surface area contributed by atoms with Crippen molar-refractivity contribution in [2.24, 2.45) is 10.9 Å². The molecule has 0 amide bonds. The van der Waals surface area contributed by atoms with Gasteiger partial charge in [0, 0.05) is 38.5 Å². The fraction of sp³-hybridized carbons (Fsp3) is 0.562. The number of nitrogens with zero attached hydrogens (tertiary/aromatic N) is 2. The molecular formula is C16H24N2O. The summed E-state index contributed by atoms with van der Waals surface area (Å²) in [6.07, 6.45) is 6.21. The Labute approximate surface area is 116 Å². The monoisotopic (exact) mass is 260 g/mol. The number of anilines is 1. The number of aliphatic hydroxyl groups is 1. The van der Waals surface area contributed by atoms with E-state index in [2.05, 4.69) is 34.2 Å². The Morgan fingerprint density at radius 1 is 1.21 bits per heavy atom. The summed E-state index contributed by atoms with van der Waals surface area (Å²) in [5.41, 5.74) is 2.32. The van der Waals surface area contributed by atoms with Crippen molar-refractivity contribution in [3.8, 4) is 0 Å². The van der Waals surface area contributed by atoms with E-state index in [1.807, 2.05) is 20.3 Å². The summed E-state index contributed by atoms with van der Waals surface area (Å²) in [5.74, 6) is 0.353. The Kier molecular flexibility index (Phi) is 4.97. The molecule has 2 rings (SSSR count). The van der Waals surface area contributed by atoms with E-state index in [9.17, 15) is 5.11 Å². The van der Waals surface area contributed by atoms with Crippen LogP contribution in [-0.2, 0) is 0 Å². The molecule has 3 nitrogen and oxygen atoms in total. The summed E-state index contributed by atoms with van der Waals surface area (Å²) >= 11 is 0. The maximum atomic E-state index is 9.88. The van der Waals surface area contributed by atoms with Crippen LogP contribution in [0, 0.1) is 5.92 Å². The maximum absolute atomic E-state index is 9.88. The summed E-state index contributed by atoms with van der Waals surface area (Å²) in [6, 6.07) is 8.35. The lowest BCUT2D eigenvalue weighted by Crippen LogP contribution is -2.26. The van der Waals surface area contributed by atoms with Gasteiger partial charge in [-0.2, -0.15) is 0 Å². The van der Waals surface area contributed by atoms with Gasteiger partial charge in [0.25, 0.3) is 0 Å². The summed E-state index contributed by atoms with van der Waals surface area (Å²) in [5, 5.41) is 9.88. The zero-order valence-electron chi connectivity index (χ0n) is 11.9. The first kappa shape index (κ1) is 14.1. The van der Waals surface area contributed by atoms with Crippen molar-refractivity contribution < 1.29 is 5.11 Å². The van der Waals surface area contributed by atoms with Crippen LogP contribution in [0.4, 0.5) is 5.69 Å².